The van der Waals surface area contributed by atoms with Gasteiger partial charge in [-0.25, -0.2) is 4.79 Å². The van der Waals surface area contributed by atoms with Crippen molar-refractivity contribution in [2.45, 2.75) is 52.6 Å². The van der Waals surface area contributed by atoms with Gasteiger partial charge in [0.1, 0.15) is 5.92 Å². The van der Waals surface area contributed by atoms with Gasteiger partial charge in [-0.05, 0) is 50.3 Å². The molecule has 31 heavy (non-hydrogen) atoms. The number of allylic oxidation sites excluding steroid dienone is 3. The molecule has 2 aliphatic rings. The van der Waals surface area contributed by atoms with E-state index in [1.54, 1.807) is 0 Å². The normalized spacial score (nSPS) is 24.3. The van der Waals surface area contributed by atoms with E-state index in [2.05, 4.69) is 21.2 Å². The molecule has 0 aromatic heterocycles. The minimum absolute atomic E-state index is 0.212. The van der Waals surface area contributed by atoms with Gasteiger partial charge < -0.3 is 14.8 Å². The molecule has 166 valence electrons. The topological polar surface area (TPSA) is 81.7 Å². The van der Waals surface area contributed by atoms with Gasteiger partial charge in [0.15, 0.2) is 5.78 Å². The minimum Gasteiger partial charge on any atom is -0.468 e. The Hall–Kier alpha value is -2.41. The molecule has 1 aliphatic heterocycles. The second-order valence-electron chi connectivity index (χ2n) is 8.21. The smallest absolute Gasteiger partial charge is 0.337 e. The number of Topliss-reactive ketones (excluding diaryl/α,β-unsaturated/α-hetero) is 1. The molecule has 0 fully saturated rings. The van der Waals surface area contributed by atoms with Crippen LogP contribution in [0.1, 0.15) is 52.0 Å². The molecule has 6 nitrogen and oxygen atoms in total. The van der Waals surface area contributed by atoms with E-state index in [0.717, 1.165) is 15.7 Å². The van der Waals surface area contributed by atoms with Crippen molar-refractivity contribution >= 4 is 33.7 Å². The highest BCUT2D eigenvalue weighted by Crippen LogP contribution is 2.45. The number of ketones is 1. The number of halogens is 1. The van der Waals surface area contributed by atoms with Gasteiger partial charge in [0.2, 0.25) is 0 Å². The van der Waals surface area contributed by atoms with Crippen LogP contribution in [0.25, 0.3) is 0 Å². The fraction of sp³-hybridized carbons (Fsp3) is 0.458. The summed E-state index contributed by atoms with van der Waals surface area (Å²) in [5.41, 5.74) is 3.02. The lowest BCUT2D eigenvalue weighted by Gasteiger charge is -2.38. The lowest BCUT2D eigenvalue weighted by Crippen LogP contribution is -2.43. The number of hydrogen-bond donors (Lipinski definition) is 1. The molecule has 4 atom stereocenters. The first-order chi connectivity index (χ1) is 14.7. The molecule has 3 rings (SSSR count). The van der Waals surface area contributed by atoms with Crippen molar-refractivity contribution in [3.63, 3.8) is 0 Å². The third-order valence-corrected chi connectivity index (χ3v) is 6.52. The Morgan fingerprint density at radius 2 is 2.03 bits per heavy atom. The van der Waals surface area contributed by atoms with Crippen LogP contribution in [0.15, 0.2) is 51.3 Å². The lowest BCUT2D eigenvalue weighted by atomic mass is 9.69. The van der Waals surface area contributed by atoms with Crippen molar-refractivity contribution in [1.82, 2.24) is 5.32 Å². The molecule has 1 aromatic rings. The summed E-state index contributed by atoms with van der Waals surface area (Å²) in [5, 5.41) is 3.27. The average Bonchev–Trinajstić information content (AvgIpc) is 2.72. The van der Waals surface area contributed by atoms with Gasteiger partial charge >= 0.3 is 11.9 Å². The molecule has 0 saturated carbocycles. The van der Waals surface area contributed by atoms with Gasteiger partial charge in [0, 0.05) is 27.4 Å². The standard InChI is InChI=1S/C24H28BrNO5/c1-6-13(3)31-24(29)19-14(4)26-17-10-12(2)18(23(28)30-5)22(27)21(17)20(19)15-8-7-9-16(25)11-15/h7-9,11-13,18,20,26H,6,10H2,1-5H3/t12-,13-,18-,20-/m1/s1. The van der Waals surface area contributed by atoms with E-state index in [0.29, 0.717) is 29.7 Å². The Kier molecular flexibility index (Phi) is 7.04. The van der Waals surface area contributed by atoms with Crippen molar-refractivity contribution in [1.29, 1.82) is 0 Å². The van der Waals surface area contributed by atoms with E-state index in [-0.39, 0.29) is 17.8 Å². The fourth-order valence-corrected chi connectivity index (χ4v) is 4.72. The van der Waals surface area contributed by atoms with Crippen LogP contribution >= 0.6 is 15.9 Å². The maximum absolute atomic E-state index is 13.6. The molecule has 0 unspecified atom stereocenters. The summed E-state index contributed by atoms with van der Waals surface area (Å²) in [6.45, 7) is 7.47. The zero-order valence-corrected chi connectivity index (χ0v) is 20.0. The largest absolute Gasteiger partial charge is 0.468 e. The lowest BCUT2D eigenvalue weighted by molar-refractivity contribution is -0.151. The molecular weight excluding hydrogens is 462 g/mol. The zero-order chi connectivity index (χ0) is 22.9. The van der Waals surface area contributed by atoms with Crippen molar-refractivity contribution in [3.8, 4) is 0 Å². The van der Waals surface area contributed by atoms with Crippen LogP contribution < -0.4 is 5.32 Å². The summed E-state index contributed by atoms with van der Waals surface area (Å²) in [6.07, 6.45) is 0.939. The van der Waals surface area contributed by atoms with E-state index in [1.807, 2.05) is 52.0 Å². The van der Waals surface area contributed by atoms with Crippen molar-refractivity contribution in [2.24, 2.45) is 11.8 Å². The third-order valence-electron chi connectivity index (χ3n) is 6.03. The molecule has 7 heteroatoms. The van der Waals surface area contributed by atoms with Crippen LogP contribution in [0.3, 0.4) is 0 Å². The number of dihydropyridines is 1. The second-order valence-corrected chi connectivity index (χ2v) is 9.13. The number of hydrogen-bond acceptors (Lipinski definition) is 6. The number of carbonyl (C=O) groups excluding carboxylic acids is 3. The molecule has 1 aliphatic carbocycles. The van der Waals surface area contributed by atoms with Crippen LogP contribution in [0.4, 0.5) is 0 Å². The molecule has 1 aromatic carbocycles. The molecule has 0 amide bonds. The van der Waals surface area contributed by atoms with E-state index in [1.165, 1.54) is 7.11 Å². The second kappa shape index (κ2) is 9.39. The highest BCUT2D eigenvalue weighted by Gasteiger charge is 2.47. The minimum atomic E-state index is -0.898. The number of rotatable bonds is 5. The van der Waals surface area contributed by atoms with Crippen LogP contribution in [0.5, 0.6) is 0 Å². The first kappa shape index (κ1) is 23.3. The summed E-state index contributed by atoms with van der Waals surface area (Å²) in [5.74, 6) is -3.05. The maximum Gasteiger partial charge on any atom is 0.337 e. The number of benzene rings is 1. The van der Waals surface area contributed by atoms with E-state index in [4.69, 9.17) is 9.47 Å². The highest BCUT2D eigenvalue weighted by molar-refractivity contribution is 9.10. The van der Waals surface area contributed by atoms with E-state index < -0.39 is 23.8 Å². The maximum atomic E-state index is 13.6. The average molecular weight is 490 g/mol. The number of ether oxygens (including phenoxy) is 2. The number of carbonyl (C=O) groups is 3. The van der Waals surface area contributed by atoms with Crippen molar-refractivity contribution in [2.75, 3.05) is 7.11 Å². The number of esters is 2. The van der Waals surface area contributed by atoms with Crippen LogP contribution in [-0.2, 0) is 23.9 Å². The van der Waals surface area contributed by atoms with Crippen molar-refractivity contribution < 1.29 is 23.9 Å². The highest BCUT2D eigenvalue weighted by atomic mass is 79.9. The van der Waals surface area contributed by atoms with Crippen molar-refractivity contribution in [3.05, 3.63) is 56.8 Å². The number of methoxy groups -OCH3 is 1. The van der Waals surface area contributed by atoms with Gasteiger partial charge in [0.25, 0.3) is 0 Å². The van der Waals surface area contributed by atoms with Gasteiger partial charge in [0.05, 0.1) is 18.8 Å². The predicted molar refractivity (Wildman–Crippen MR) is 120 cm³/mol. The summed E-state index contributed by atoms with van der Waals surface area (Å²) < 4.78 is 11.4. The SMILES string of the molecule is CC[C@@H](C)OC(=O)C1=C(C)NC2=C(C(=O)[C@H](C(=O)OC)[C@H](C)C2)[C@@H]1c1cccc(Br)c1. The van der Waals surface area contributed by atoms with Gasteiger partial charge in [-0.1, -0.05) is 41.9 Å². The third kappa shape index (κ3) is 4.47. The van der Waals surface area contributed by atoms with E-state index in [9.17, 15) is 14.4 Å². The summed E-state index contributed by atoms with van der Waals surface area (Å²) in [6, 6.07) is 7.52. The Balaban J connectivity index is 2.17. The Morgan fingerprint density at radius 1 is 1.32 bits per heavy atom. The molecule has 0 spiro atoms. The van der Waals surface area contributed by atoms with Crippen LogP contribution in [0, 0.1) is 11.8 Å². The number of nitrogens with one attached hydrogen (secondary N) is 1. The molecular formula is C24H28BrNO5. The molecule has 0 radical (unpaired) electrons. The summed E-state index contributed by atoms with van der Waals surface area (Å²) in [4.78, 5) is 39.2. The monoisotopic (exact) mass is 489 g/mol. The first-order valence-corrected chi connectivity index (χ1v) is 11.3. The molecule has 0 bridgehead atoms. The summed E-state index contributed by atoms with van der Waals surface area (Å²) in [7, 11) is 1.29. The van der Waals surface area contributed by atoms with Gasteiger partial charge in [-0.15, -0.1) is 0 Å². The van der Waals surface area contributed by atoms with Crippen LogP contribution in [0.2, 0.25) is 0 Å². The van der Waals surface area contributed by atoms with E-state index >= 15 is 0 Å². The fourth-order valence-electron chi connectivity index (χ4n) is 4.30. The van der Waals surface area contributed by atoms with Gasteiger partial charge in [-0.3, -0.25) is 9.59 Å². The van der Waals surface area contributed by atoms with Gasteiger partial charge in [-0.2, -0.15) is 0 Å². The molecule has 0 saturated heterocycles. The Labute approximate surface area is 191 Å². The predicted octanol–water partition coefficient (Wildman–Crippen LogP) is 4.40. The molecule has 1 heterocycles. The van der Waals surface area contributed by atoms with Crippen LogP contribution in [-0.4, -0.2) is 30.9 Å². The quantitative estimate of drug-likeness (QED) is 0.487. The molecule has 1 N–H and O–H groups in total. The first-order valence-electron chi connectivity index (χ1n) is 10.5. The zero-order valence-electron chi connectivity index (χ0n) is 18.5. The summed E-state index contributed by atoms with van der Waals surface area (Å²) >= 11 is 3.49. The Morgan fingerprint density at radius 3 is 2.65 bits per heavy atom. The Bertz CT molecular complexity index is 980.